The minimum absolute atomic E-state index is 0.802. The molecule has 0 aliphatic heterocycles. The van der Waals surface area contributed by atoms with Crippen molar-refractivity contribution in [2.24, 2.45) is 11.8 Å². The van der Waals surface area contributed by atoms with Crippen LogP contribution in [0.4, 0.5) is 0 Å². The van der Waals surface area contributed by atoms with E-state index in [2.05, 4.69) is 26.1 Å². The maximum Gasteiger partial charge on any atom is 0.00927 e. The summed E-state index contributed by atoms with van der Waals surface area (Å²) in [7, 11) is 0. The van der Waals surface area contributed by atoms with Gasteiger partial charge in [0.15, 0.2) is 0 Å². The summed E-state index contributed by atoms with van der Waals surface area (Å²) in [6.45, 7) is 8.08. The summed E-state index contributed by atoms with van der Waals surface area (Å²) in [5, 5.41) is 3.55. The second kappa shape index (κ2) is 4.10. The Hall–Kier alpha value is -0.0400. The van der Waals surface area contributed by atoms with Crippen molar-refractivity contribution in [2.75, 3.05) is 6.54 Å². The van der Waals surface area contributed by atoms with Gasteiger partial charge in [0.1, 0.15) is 0 Å². The van der Waals surface area contributed by atoms with E-state index in [-0.39, 0.29) is 0 Å². The van der Waals surface area contributed by atoms with E-state index in [1.165, 1.54) is 19.3 Å². The Morgan fingerprint density at radius 1 is 1.27 bits per heavy atom. The Balaban J connectivity index is 2.31. The molecular formula is C10H21N. The fourth-order valence-electron chi connectivity index (χ4n) is 2.23. The lowest BCUT2D eigenvalue weighted by molar-refractivity contribution is 0.231. The molecule has 3 unspecified atom stereocenters. The molecule has 1 nitrogen and oxygen atoms in total. The molecule has 1 N–H and O–H groups in total. The van der Waals surface area contributed by atoms with E-state index in [0.717, 1.165) is 24.4 Å². The van der Waals surface area contributed by atoms with Crippen molar-refractivity contribution < 1.29 is 0 Å². The van der Waals surface area contributed by atoms with Crippen molar-refractivity contribution in [2.45, 2.75) is 46.1 Å². The number of nitrogens with one attached hydrogen (secondary N) is 1. The van der Waals surface area contributed by atoms with Crippen molar-refractivity contribution in [3.8, 4) is 0 Å². The van der Waals surface area contributed by atoms with Gasteiger partial charge in [-0.05, 0) is 37.6 Å². The first-order valence-electron chi connectivity index (χ1n) is 4.97. The molecule has 1 aliphatic rings. The van der Waals surface area contributed by atoms with E-state index in [9.17, 15) is 0 Å². The van der Waals surface area contributed by atoms with Gasteiger partial charge in [-0.1, -0.05) is 20.8 Å². The highest BCUT2D eigenvalue weighted by molar-refractivity contribution is 4.80. The van der Waals surface area contributed by atoms with Gasteiger partial charge < -0.3 is 5.32 Å². The molecule has 1 fully saturated rings. The first-order valence-corrected chi connectivity index (χ1v) is 4.97. The van der Waals surface area contributed by atoms with Gasteiger partial charge in [0.05, 0.1) is 0 Å². The Kier molecular flexibility index (Phi) is 3.38. The Morgan fingerprint density at radius 3 is 2.55 bits per heavy atom. The van der Waals surface area contributed by atoms with E-state index in [0.29, 0.717) is 0 Å². The second-order valence-corrected chi connectivity index (χ2v) is 4.06. The van der Waals surface area contributed by atoms with E-state index in [1.807, 2.05) is 0 Å². The van der Waals surface area contributed by atoms with Crippen LogP contribution in [0, 0.1) is 11.8 Å². The van der Waals surface area contributed by atoms with Gasteiger partial charge in [0, 0.05) is 6.04 Å². The van der Waals surface area contributed by atoms with Crippen LogP contribution in [-0.4, -0.2) is 12.6 Å². The van der Waals surface area contributed by atoms with Crippen LogP contribution in [-0.2, 0) is 0 Å². The van der Waals surface area contributed by atoms with E-state index in [4.69, 9.17) is 0 Å². The van der Waals surface area contributed by atoms with Gasteiger partial charge in [0.2, 0.25) is 0 Å². The van der Waals surface area contributed by atoms with Crippen LogP contribution in [0.15, 0.2) is 0 Å². The maximum absolute atomic E-state index is 3.55. The summed E-state index contributed by atoms with van der Waals surface area (Å²) in [6, 6.07) is 0.802. The van der Waals surface area contributed by atoms with Gasteiger partial charge in [-0.2, -0.15) is 0 Å². The monoisotopic (exact) mass is 155 g/mol. The van der Waals surface area contributed by atoms with Crippen LogP contribution >= 0.6 is 0 Å². The molecule has 3 atom stereocenters. The summed E-state index contributed by atoms with van der Waals surface area (Å²) >= 11 is 0. The van der Waals surface area contributed by atoms with Crippen molar-refractivity contribution in [1.82, 2.24) is 5.32 Å². The molecule has 1 rings (SSSR count). The second-order valence-electron chi connectivity index (χ2n) is 4.06. The highest BCUT2D eigenvalue weighted by Gasteiger charge is 2.23. The predicted molar refractivity (Wildman–Crippen MR) is 49.6 cm³/mol. The predicted octanol–water partition coefficient (Wildman–Crippen LogP) is 2.42. The fourth-order valence-corrected chi connectivity index (χ4v) is 2.23. The molecule has 1 aliphatic carbocycles. The minimum Gasteiger partial charge on any atom is -0.314 e. The number of hydrogen-bond donors (Lipinski definition) is 1. The van der Waals surface area contributed by atoms with Crippen molar-refractivity contribution in [3.05, 3.63) is 0 Å². The van der Waals surface area contributed by atoms with E-state index >= 15 is 0 Å². The standard InChI is InChI=1S/C10H21N/c1-4-11-10-6-5-8(2)7-9(10)3/h8-11H,4-7H2,1-3H3. The van der Waals surface area contributed by atoms with Gasteiger partial charge in [-0.15, -0.1) is 0 Å². The first kappa shape index (κ1) is 9.05. The van der Waals surface area contributed by atoms with E-state index in [1.54, 1.807) is 0 Å². The lowest BCUT2D eigenvalue weighted by Gasteiger charge is -2.32. The van der Waals surface area contributed by atoms with Gasteiger partial charge in [0.25, 0.3) is 0 Å². The third kappa shape index (κ3) is 2.48. The molecule has 11 heavy (non-hydrogen) atoms. The average molecular weight is 155 g/mol. The number of hydrogen-bond acceptors (Lipinski definition) is 1. The minimum atomic E-state index is 0.802. The zero-order valence-electron chi connectivity index (χ0n) is 8.06. The largest absolute Gasteiger partial charge is 0.314 e. The summed E-state index contributed by atoms with van der Waals surface area (Å²) in [5.74, 6) is 1.85. The molecule has 0 heterocycles. The summed E-state index contributed by atoms with van der Waals surface area (Å²) in [6.07, 6.45) is 4.22. The number of rotatable bonds is 2. The van der Waals surface area contributed by atoms with Crippen LogP contribution < -0.4 is 5.32 Å². The molecule has 0 aromatic rings. The third-order valence-corrected chi connectivity index (χ3v) is 2.90. The van der Waals surface area contributed by atoms with Gasteiger partial charge >= 0.3 is 0 Å². The highest BCUT2D eigenvalue weighted by Crippen LogP contribution is 2.28. The molecule has 1 heteroatoms. The van der Waals surface area contributed by atoms with Crippen LogP contribution in [0.2, 0.25) is 0 Å². The summed E-state index contributed by atoms with van der Waals surface area (Å²) < 4.78 is 0. The third-order valence-electron chi connectivity index (χ3n) is 2.90. The Morgan fingerprint density at radius 2 is 2.00 bits per heavy atom. The molecule has 0 radical (unpaired) electrons. The van der Waals surface area contributed by atoms with E-state index < -0.39 is 0 Å². The molecule has 0 bridgehead atoms. The molecule has 0 saturated heterocycles. The smallest absolute Gasteiger partial charge is 0.00927 e. The zero-order chi connectivity index (χ0) is 8.27. The lowest BCUT2D eigenvalue weighted by atomic mass is 9.80. The SMILES string of the molecule is CCNC1CCC(C)CC1C. The van der Waals surface area contributed by atoms with Gasteiger partial charge in [-0.3, -0.25) is 0 Å². The Bertz CT molecular complexity index is 111. The summed E-state index contributed by atoms with van der Waals surface area (Å²) in [4.78, 5) is 0. The van der Waals surface area contributed by atoms with Crippen molar-refractivity contribution in [3.63, 3.8) is 0 Å². The van der Waals surface area contributed by atoms with Crippen molar-refractivity contribution in [1.29, 1.82) is 0 Å². The highest BCUT2D eigenvalue weighted by atomic mass is 14.9. The molecule has 0 aromatic carbocycles. The Labute approximate surface area is 70.6 Å². The normalized spacial score (nSPS) is 39.0. The van der Waals surface area contributed by atoms with Gasteiger partial charge in [-0.25, -0.2) is 0 Å². The molecule has 66 valence electrons. The van der Waals surface area contributed by atoms with Crippen LogP contribution in [0.5, 0.6) is 0 Å². The zero-order valence-corrected chi connectivity index (χ0v) is 8.06. The summed E-state index contributed by atoms with van der Waals surface area (Å²) in [5.41, 5.74) is 0. The average Bonchev–Trinajstić information content (AvgIpc) is 1.95. The molecule has 0 spiro atoms. The fraction of sp³-hybridized carbons (Fsp3) is 1.00. The molecule has 0 aromatic heterocycles. The maximum atomic E-state index is 3.55. The quantitative estimate of drug-likeness (QED) is 0.645. The van der Waals surface area contributed by atoms with Crippen molar-refractivity contribution >= 4 is 0 Å². The van der Waals surface area contributed by atoms with Crippen LogP contribution in [0.3, 0.4) is 0 Å². The molecule has 1 saturated carbocycles. The molecule has 0 amide bonds. The lowest BCUT2D eigenvalue weighted by Crippen LogP contribution is -2.38. The van der Waals surface area contributed by atoms with Crippen LogP contribution in [0.25, 0.3) is 0 Å². The van der Waals surface area contributed by atoms with Crippen LogP contribution in [0.1, 0.15) is 40.0 Å². The first-order chi connectivity index (χ1) is 5.24. The topological polar surface area (TPSA) is 12.0 Å². The molecular weight excluding hydrogens is 134 g/mol.